The van der Waals surface area contributed by atoms with Crippen molar-refractivity contribution in [2.24, 2.45) is 0 Å². The van der Waals surface area contributed by atoms with Crippen LogP contribution in [0.15, 0.2) is 77.7 Å². The minimum atomic E-state index is -4.10. The number of sulfonamides is 1. The molecule has 4 bridgehead atoms. The summed E-state index contributed by atoms with van der Waals surface area (Å²) in [6, 6.07) is 20.3. The number of anilines is 1. The second kappa shape index (κ2) is 9.09. The molecule has 5 rings (SSSR count). The molecule has 3 aromatic carbocycles. The van der Waals surface area contributed by atoms with Crippen LogP contribution in [0.4, 0.5) is 5.95 Å². The topological polar surface area (TPSA) is 110 Å². The monoisotopic (exact) mass is 500 g/mol. The van der Waals surface area contributed by atoms with Crippen molar-refractivity contribution in [3.8, 4) is 22.9 Å². The molecule has 1 aromatic heterocycles. The highest BCUT2D eigenvalue weighted by Crippen LogP contribution is 2.33. The third kappa shape index (κ3) is 4.52. The molecule has 0 spiro atoms. The van der Waals surface area contributed by atoms with Crippen LogP contribution in [-0.4, -0.2) is 24.3 Å². The second-order valence-corrected chi connectivity index (χ2v) is 10.3. The maximum Gasteiger partial charge on any atom is 0.264 e. The molecule has 0 saturated carbocycles. The molecule has 4 aromatic rings. The average Bonchev–Trinajstić information content (AvgIpc) is 2.83. The minimum Gasteiger partial charge on any atom is -0.438 e. The zero-order chi connectivity index (χ0) is 25.4. The molecule has 0 aliphatic carbocycles. The van der Waals surface area contributed by atoms with Gasteiger partial charge in [-0.1, -0.05) is 42.5 Å². The first-order valence-corrected chi connectivity index (χ1v) is 12.9. The maximum atomic E-state index is 13.2. The number of carbonyl (C=O) groups excluding carboxylic acids is 1. The van der Waals surface area contributed by atoms with Crippen molar-refractivity contribution in [2.45, 2.75) is 31.7 Å². The van der Waals surface area contributed by atoms with Crippen molar-refractivity contribution in [2.75, 3.05) is 4.72 Å². The molecular formula is C27H24N4O4S. The largest absolute Gasteiger partial charge is 0.438 e. The van der Waals surface area contributed by atoms with Gasteiger partial charge in [-0.15, -0.1) is 0 Å². The molecule has 1 atom stereocenters. The van der Waals surface area contributed by atoms with Gasteiger partial charge in [-0.3, -0.25) is 4.79 Å². The molecule has 0 fully saturated rings. The molecule has 2 N–H and O–H groups in total. The van der Waals surface area contributed by atoms with Gasteiger partial charge in [0.15, 0.2) is 0 Å². The molecule has 0 radical (unpaired) electrons. The Hall–Kier alpha value is -4.24. The number of rotatable bonds is 1. The van der Waals surface area contributed by atoms with Gasteiger partial charge in [0, 0.05) is 22.8 Å². The normalized spacial score (nSPS) is 16.5. The molecule has 8 nitrogen and oxygen atoms in total. The Morgan fingerprint density at radius 2 is 1.61 bits per heavy atom. The van der Waals surface area contributed by atoms with Crippen LogP contribution >= 0.6 is 0 Å². The number of ether oxygens (including phenoxy) is 1. The van der Waals surface area contributed by atoms with Crippen LogP contribution in [0, 0.1) is 13.8 Å². The van der Waals surface area contributed by atoms with Gasteiger partial charge in [-0.05, 0) is 56.2 Å². The third-order valence-electron chi connectivity index (χ3n) is 6.02. The van der Waals surface area contributed by atoms with Crippen molar-refractivity contribution in [1.82, 2.24) is 15.3 Å². The highest BCUT2D eigenvalue weighted by molar-refractivity contribution is 7.92. The number of fused-ring (bicyclic) bond motifs is 5. The second-order valence-electron chi connectivity index (χ2n) is 8.65. The molecule has 1 amide bonds. The van der Waals surface area contributed by atoms with E-state index in [9.17, 15) is 13.2 Å². The maximum absolute atomic E-state index is 13.2. The standard InChI is InChI=1S/C27H24N4O4S/c1-16-8-6-9-17(2)25(16)22-15-24-30-27(29-22)31-36(33,34)20-11-7-10-19(14-20)26(32)28-18(3)21-12-4-5-13-23(21)35-24/h4-15,18H,1-3H3,(H,28,32)(H,29,30,31)/t18-/m1/s1. The summed E-state index contributed by atoms with van der Waals surface area (Å²) < 4.78 is 35.1. The van der Waals surface area contributed by atoms with Crippen molar-refractivity contribution in [3.63, 3.8) is 0 Å². The summed E-state index contributed by atoms with van der Waals surface area (Å²) in [5.74, 6) is 0.106. The van der Waals surface area contributed by atoms with E-state index < -0.39 is 22.0 Å². The van der Waals surface area contributed by atoms with E-state index in [0.29, 0.717) is 11.4 Å². The Balaban J connectivity index is 1.74. The van der Waals surface area contributed by atoms with E-state index >= 15 is 0 Å². The van der Waals surface area contributed by atoms with Crippen molar-refractivity contribution >= 4 is 21.9 Å². The van der Waals surface area contributed by atoms with Crippen molar-refractivity contribution in [1.29, 1.82) is 0 Å². The number of carbonyl (C=O) groups is 1. The van der Waals surface area contributed by atoms with Gasteiger partial charge in [0.05, 0.1) is 16.6 Å². The minimum absolute atomic E-state index is 0.0798. The lowest BCUT2D eigenvalue weighted by molar-refractivity contribution is 0.0939. The van der Waals surface area contributed by atoms with Crippen LogP contribution in [0.1, 0.15) is 40.0 Å². The Morgan fingerprint density at radius 1 is 0.889 bits per heavy atom. The Bertz CT molecular complexity index is 1580. The smallest absolute Gasteiger partial charge is 0.264 e. The molecule has 0 unspecified atom stereocenters. The van der Waals surface area contributed by atoms with E-state index in [4.69, 9.17) is 4.74 Å². The molecule has 0 saturated heterocycles. The Labute approximate surface area is 209 Å². The van der Waals surface area contributed by atoms with E-state index in [0.717, 1.165) is 22.3 Å². The van der Waals surface area contributed by atoms with Crippen molar-refractivity contribution in [3.05, 3.63) is 95.1 Å². The number of para-hydroxylation sites is 1. The lowest BCUT2D eigenvalue weighted by Crippen LogP contribution is -2.27. The highest BCUT2D eigenvalue weighted by atomic mass is 32.2. The quantitative estimate of drug-likeness (QED) is 0.374. The number of hydrogen-bond donors (Lipinski definition) is 2. The lowest BCUT2D eigenvalue weighted by Gasteiger charge is -2.19. The molecule has 182 valence electrons. The number of aryl methyl sites for hydroxylation is 2. The molecule has 36 heavy (non-hydrogen) atoms. The van der Waals surface area contributed by atoms with Gasteiger partial charge in [0.25, 0.3) is 15.9 Å². The third-order valence-corrected chi connectivity index (χ3v) is 7.35. The summed E-state index contributed by atoms with van der Waals surface area (Å²) >= 11 is 0. The summed E-state index contributed by atoms with van der Waals surface area (Å²) in [6.45, 7) is 5.76. The lowest BCUT2D eigenvalue weighted by atomic mass is 10.00. The fourth-order valence-electron chi connectivity index (χ4n) is 4.25. The summed E-state index contributed by atoms with van der Waals surface area (Å²) in [5, 5.41) is 2.92. The van der Waals surface area contributed by atoms with E-state index in [-0.39, 0.29) is 22.3 Å². The molecule has 1 aliphatic heterocycles. The molecule has 1 aliphatic rings. The first-order chi connectivity index (χ1) is 17.2. The van der Waals surface area contributed by atoms with E-state index in [2.05, 4.69) is 20.0 Å². The number of nitrogens with zero attached hydrogens (tertiary/aromatic N) is 2. The van der Waals surface area contributed by atoms with Crippen LogP contribution in [0.3, 0.4) is 0 Å². The van der Waals surface area contributed by atoms with Gasteiger partial charge in [0.2, 0.25) is 11.8 Å². The molecule has 2 heterocycles. The van der Waals surface area contributed by atoms with Crippen molar-refractivity contribution < 1.29 is 17.9 Å². The van der Waals surface area contributed by atoms with E-state index in [1.807, 2.05) is 57.2 Å². The molecular weight excluding hydrogens is 476 g/mol. The van der Waals surface area contributed by atoms with Gasteiger partial charge in [0.1, 0.15) is 5.75 Å². The summed E-state index contributed by atoms with van der Waals surface area (Å²) in [7, 11) is -4.10. The average molecular weight is 501 g/mol. The van der Waals surface area contributed by atoms with Gasteiger partial charge in [-0.2, -0.15) is 4.98 Å². The Kier molecular flexibility index (Phi) is 5.93. The molecule has 9 heteroatoms. The van der Waals surface area contributed by atoms with Crippen LogP contribution in [0.5, 0.6) is 11.6 Å². The predicted molar refractivity (Wildman–Crippen MR) is 137 cm³/mol. The fourth-order valence-corrected chi connectivity index (χ4v) is 5.24. The highest BCUT2D eigenvalue weighted by Gasteiger charge is 2.23. The zero-order valence-electron chi connectivity index (χ0n) is 19.9. The van der Waals surface area contributed by atoms with Crippen LogP contribution in [0.25, 0.3) is 11.3 Å². The first kappa shape index (κ1) is 23.5. The number of nitrogens with one attached hydrogen (secondary N) is 2. The zero-order valence-corrected chi connectivity index (χ0v) is 20.8. The van der Waals surface area contributed by atoms with E-state index in [1.165, 1.54) is 18.2 Å². The fraction of sp³-hybridized carbons (Fsp3) is 0.148. The summed E-state index contributed by atoms with van der Waals surface area (Å²) in [6.07, 6.45) is 0. The summed E-state index contributed by atoms with van der Waals surface area (Å²) in [4.78, 5) is 21.7. The number of benzene rings is 3. The summed E-state index contributed by atoms with van der Waals surface area (Å²) in [5.41, 5.74) is 4.30. The number of amides is 1. The van der Waals surface area contributed by atoms with Crippen LogP contribution < -0.4 is 14.8 Å². The number of hydrogen-bond acceptors (Lipinski definition) is 6. The van der Waals surface area contributed by atoms with Crippen LogP contribution in [0.2, 0.25) is 0 Å². The van der Waals surface area contributed by atoms with Gasteiger partial charge < -0.3 is 10.1 Å². The van der Waals surface area contributed by atoms with Gasteiger partial charge >= 0.3 is 0 Å². The van der Waals surface area contributed by atoms with Gasteiger partial charge in [-0.25, -0.2) is 18.1 Å². The van der Waals surface area contributed by atoms with Crippen LogP contribution in [-0.2, 0) is 10.0 Å². The van der Waals surface area contributed by atoms with E-state index in [1.54, 1.807) is 18.2 Å². The predicted octanol–water partition coefficient (Wildman–Crippen LogP) is 5.16. The first-order valence-electron chi connectivity index (χ1n) is 11.4. The number of aromatic nitrogens is 2. The SMILES string of the molecule is Cc1cccc(C)c1-c1cc2nc(n1)NS(=O)(=O)c1cccc(c1)C(=O)N[C@H](C)c1ccccc1O2. The Morgan fingerprint density at radius 3 is 2.39 bits per heavy atom.